The van der Waals surface area contributed by atoms with Crippen molar-refractivity contribution in [3.8, 4) is 11.5 Å². The van der Waals surface area contributed by atoms with Gasteiger partial charge in [0.25, 0.3) is 0 Å². The molecule has 2 atom stereocenters. The molecule has 0 aliphatic heterocycles. The van der Waals surface area contributed by atoms with Crippen molar-refractivity contribution >= 4 is 12.0 Å². The Bertz CT molecular complexity index is 547. The molecule has 7 heteroatoms. The third-order valence-electron chi connectivity index (χ3n) is 3.67. The molecule has 3 N–H and O–H groups in total. The fourth-order valence-corrected chi connectivity index (χ4v) is 2.05. The average molecular weight is 324 g/mol. The van der Waals surface area contributed by atoms with Crippen LogP contribution in [0, 0.1) is 5.92 Å². The van der Waals surface area contributed by atoms with Gasteiger partial charge in [-0.25, -0.2) is 9.59 Å². The van der Waals surface area contributed by atoms with E-state index in [1.54, 1.807) is 32.2 Å². The normalized spacial score (nSPS) is 12.9. The van der Waals surface area contributed by atoms with Gasteiger partial charge in [-0.15, -0.1) is 0 Å². The van der Waals surface area contributed by atoms with E-state index in [4.69, 9.17) is 14.6 Å². The molecule has 1 aromatic carbocycles. The summed E-state index contributed by atoms with van der Waals surface area (Å²) in [6.45, 7) is 3.91. The molecular formula is C16H24N2O5. The summed E-state index contributed by atoms with van der Waals surface area (Å²) >= 11 is 0. The molecule has 0 saturated heterocycles. The lowest BCUT2D eigenvalue weighted by Crippen LogP contribution is -2.48. The van der Waals surface area contributed by atoms with Crippen LogP contribution >= 0.6 is 0 Å². The molecule has 1 rings (SSSR count). The summed E-state index contributed by atoms with van der Waals surface area (Å²) in [6.07, 6.45) is 0.660. The van der Waals surface area contributed by atoms with Crippen LogP contribution in [0.15, 0.2) is 18.2 Å². The summed E-state index contributed by atoms with van der Waals surface area (Å²) in [5.74, 6) is -0.0291. The van der Waals surface area contributed by atoms with Gasteiger partial charge in [0, 0.05) is 6.54 Å². The quantitative estimate of drug-likeness (QED) is 0.679. The number of urea groups is 1. The Kier molecular flexibility index (Phi) is 7.18. The highest BCUT2D eigenvalue weighted by Crippen LogP contribution is 2.27. The smallest absolute Gasteiger partial charge is 0.326 e. The molecule has 128 valence electrons. The number of amides is 2. The lowest BCUT2D eigenvalue weighted by molar-refractivity contribution is -0.140. The van der Waals surface area contributed by atoms with Gasteiger partial charge in [-0.1, -0.05) is 26.3 Å². The summed E-state index contributed by atoms with van der Waals surface area (Å²) < 4.78 is 10.3. The number of carboxylic acid groups (broad SMARTS) is 1. The Balaban J connectivity index is 2.63. The number of carbonyl (C=O) groups excluding carboxylic acids is 1. The second kappa shape index (κ2) is 8.87. The topological polar surface area (TPSA) is 96.9 Å². The zero-order valence-corrected chi connectivity index (χ0v) is 13.9. The van der Waals surface area contributed by atoms with E-state index in [1.165, 1.54) is 7.11 Å². The summed E-state index contributed by atoms with van der Waals surface area (Å²) in [5.41, 5.74) is 0.813. The van der Waals surface area contributed by atoms with Gasteiger partial charge in [-0.3, -0.25) is 0 Å². The van der Waals surface area contributed by atoms with Gasteiger partial charge in [0.15, 0.2) is 11.5 Å². The molecule has 1 aromatic rings. The largest absolute Gasteiger partial charge is 0.493 e. The van der Waals surface area contributed by atoms with Gasteiger partial charge in [-0.05, 0) is 23.6 Å². The van der Waals surface area contributed by atoms with E-state index in [-0.39, 0.29) is 12.5 Å². The van der Waals surface area contributed by atoms with E-state index in [1.807, 2.05) is 6.92 Å². The maximum absolute atomic E-state index is 11.9. The fourth-order valence-electron chi connectivity index (χ4n) is 2.05. The first kappa shape index (κ1) is 18.6. The highest BCUT2D eigenvalue weighted by atomic mass is 16.5. The first-order valence-electron chi connectivity index (χ1n) is 7.41. The second-order valence-electron chi connectivity index (χ2n) is 5.22. The molecule has 0 saturated carbocycles. The number of methoxy groups -OCH3 is 2. The number of carboxylic acids is 1. The summed E-state index contributed by atoms with van der Waals surface area (Å²) in [7, 11) is 3.08. The van der Waals surface area contributed by atoms with Crippen LogP contribution in [0.5, 0.6) is 11.5 Å². The monoisotopic (exact) mass is 324 g/mol. The third-order valence-corrected chi connectivity index (χ3v) is 3.67. The molecule has 0 radical (unpaired) electrons. The Hall–Kier alpha value is -2.44. The van der Waals surface area contributed by atoms with Crippen LogP contribution in [-0.2, 0) is 11.3 Å². The fraction of sp³-hybridized carbons (Fsp3) is 0.500. The zero-order valence-electron chi connectivity index (χ0n) is 13.9. The molecule has 0 fully saturated rings. The SMILES string of the molecule is CCC(C)[C@H](NC(=O)NCc1ccc(OC)c(OC)c1)C(=O)O. The van der Waals surface area contributed by atoms with E-state index in [9.17, 15) is 9.59 Å². The minimum atomic E-state index is -1.04. The molecule has 2 amide bonds. The molecule has 0 heterocycles. The van der Waals surface area contributed by atoms with E-state index in [0.717, 1.165) is 5.56 Å². The number of hydrogen-bond acceptors (Lipinski definition) is 4. The number of hydrogen-bond donors (Lipinski definition) is 3. The van der Waals surface area contributed by atoms with Crippen LogP contribution in [0.1, 0.15) is 25.8 Å². The van der Waals surface area contributed by atoms with E-state index in [0.29, 0.717) is 17.9 Å². The van der Waals surface area contributed by atoms with E-state index >= 15 is 0 Å². The molecule has 0 aliphatic carbocycles. The Morgan fingerprint density at radius 1 is 1.22 bits per heavy atom. The number of aliphatic carboxylic acids is 1. The van der Waals surface area contributed by atoms with Gasteiger partial charge >= 0.3 is 12.0 Å². The average Bonchev–Trinajstić information content (AvgIpc) is 2.56. The maximum Gasteiger partial charge on any atom is 0.326 e. The molecule has 0 aliphatic rings. The standard InChI is InChI=1S/C16H24N2O5/c1-5-10(2)14(15(19)20)18-16(21)17-9-11-6-7-12(22-3)13(8-11)23-4/h6-8,10,14H,5,9H2,1-4H3,(H,19,20)(H2,17,18,21)/t10?,14-/m0/s1. The van der Waals surface area contributed by atoms with Crippen molar-refractivity contribution in [2.75, 3.05) is 14.2 Å². The van der Waals surface area contributed by atoms with Crippen LogP contribution in [-0.4, -0.2) is 37.4 Å². The van der Waals surface area contributed by atoms with Gasteiger partial charge in [0.05, 0.1) is 14.2 Å². The molecule has 0 bridgehead atoms. The van der Waals surface area contributed by atoms with Crippen molar-refractivity contribution in [1.82, 2.24) is 10.6 Å². The summed E-state index contributed by atoms with van der Waals surface area (Å²) in [4.78, 5) is 23.1. The third kappa shape index (κ3) is 5.36. The van der Waals surface area contributed by atoms with E-state index < -0.39 is 18.0 Å². The Morgan fingerprint density at radius 3 is 2.39 bits per heavy atom. The lowest BCUT2D eigenvalue weighted by atomic mass is 9.99. The predicted octanol–water partition coefficient (Wildman–Crippen LogP) is 2.00. The predicted molar refractivity (Wildman–Crippen MR) is 85.8 cm³/mol. The first-order chi connectivity index (χ1) is 10.9. The first-order valence-corrected chi connectivity index (χ1v) is 7.41. The molecule has 0 aromatic heterocycles. The highest BCUT2D eigenvalue weighted by Gasteiger charge is 2.25. The maximum atomic E-state index is 11.9. The van der Waals surface area contributed by atoms with Crippen molar-refractivity contribution in [3.63, 3.8) is 0 Å². The minimum absolute atomic E-state index is 0.153. The van der Waals surface area contributed by atoms with E-state index in [2.05, 4.69) is 10.6 Å². The van der Waals surface area contributed by atoms with Crippen LogP contribution in [0.4, 0.5) is 4.79 Å². The number of ether oxygens (including phenoxy) is 2. The Labute approximate surface area is 136 Å². The second-order valence-corrected chi connectivity index (χ2v) is 5.22. The van der Waals surface area contributed by atoms with Crippen LogP contribution in [0.3, 0.4) is 0 Å². The van der Waals surface area contributed by atoms with Crippen LogP contribution in [0.2, 0.25) is 0 Å². The van der Waals surface area contributed by atoms with Crippen molar-refractivity contribution in [2.24, 2.45) is 5.92 Å². The zero-order chi connectivity index (χ0) is 17.4. The van der Waals surface area contributed by atoms with Crippen molar-refractivity contribution < 1.29 is 24.2 Å². The number of benzene rings is 1. The number of carbonyl (C=O) groups is 2. The van der Waals surface area contributed by atoms with Gasteiger partial charge < -0.3 is 25.2 Å². The highest BCUT2D eigenvalue weighted by molar-refractivity contribution is 5.82. The number of rotatable bonds is 8. The summed E-state index contributed by atoms with van der Waals surface area (Å²) in [5, 5.41) is 14.3. The Morgan fingerprint density at radius 2 is 1.87 bits per heavy atom. The molecule has 0 spiro atoms. The van der Waals surface area contributed by atoms with Crippen LogP contribution < -0.4 is 20.1 Å². The molecule has 1 unspecified atom stereocenters. The van der Waals surface area contributed by atoms with Crippen molar-refractivity contribution in [2.45, 2.75) is 32.9 Å². The van der Waals surface area contributed by atoms with Crippen molar-refractivity contribution in [3.05, 3.63) is 23.8 Å². The molecule has 23 heavy (non-hydrogen) atoms. The molecular weight excluding hydrogens is 300 g/mol. The number of nitrogens with one attached hydrogen (secondary N) is 2. The van der Waals surface area contributed by atoms with Gasteiger partial charge in [0.1, 0.15) is 6.04 Å². The summed E-state index contributed by atoms with van der Waals surface area (Å²) in [6, 6.07) is 3.86. The minimum Gasteiger partial charge on any atom is -0.493 e. The van der Waals surface area contributed by atoms with Gasteiger partial charge in [-0.2, -0.15) is 0 Å². The van der Waals surface area contributed by atoms with Gasteiger partial charge in [0.2, 0.25) is 0 Å². The lowest BCUT2D eigenvalue weighted by Gasteiger charge is -2.20. The van der Waals surface area contributed by atoms with Crippen molar-refractivity contribution in [1.29, 1.82) is 0 Å². The molecule has 7 nitrogen and oxygen atoms in total. The van der Waals surface area contributed by atoms with Crippen LogP contribution in [0.25, 0.3) is 0 Å².